The molecule has 0 atom stereocenters. The first kappa shape index (κ1) is 15.5. The molecule has 0 spiro atoms. The molecular formula is C14H18N2O4S. The minimum absolute atomic E-state index is 0.0417. The van der Waals surface area contributed by atoms with Gasteiger partial charge in [0.1, 0.15) is 11.5 Å². The van der Waals surface area contributed by atoms with Crippen LogP contribution >= 0.6 is 0 Å². The molecule has 0 aliphatic heterocycles. The van der Waals surface area contributed by atoms with Crippen molar-refractivity contribution in [1.82, 2.24) is 9.71 Å². The first-order valence-corrected chi connectivity index (χ1v) is 8.02. The number of rotatable bonds is 6. The molecular weight excluding hydrogens is 292 g/mol. The van der Waals surface area contributed by atoms with Gasteiger partial charge >= 0.3 is 0 Å². The molecule has 0 amide bonds. The summed E-state index contributed by atoms with van der Waals surface area (Å²) in [5, 5.41) is 0. The highest BCUT2D eigenvalue weighted by atomic mass is 32.2. The third-order valence-electron chi connectivity index (χ3n) is 2.77. The van der Waals surface area contributed by atoms with E-state index in [1.165, 1.54) is 18.5 Å². The summed E-state index contributed by atoms with van der Waals surface area (Å²) >= 11 is 0. The molecule has 0 bridgehead atoms. The summed E-state index contributed by atoms with van der Waals surface area (Å²) in [6.45, 7) is 5.64. The van der Waals surface area contributed by atoms with E-state index in [-0.39, 0.29) is 17.5 Å². The number of hydrogen-bond donors (Lipinski definition) is 1. The van der Waals surface area contributed by atoms with Crippen molar-refractivity contribution in [2.45, 2.75) is 38.3 Å². The Labute approximate surface area is 124 Å². The fraction of sp³-hybridized carbons (Fsp3) is 0.357. The van der Waals surface area contributed by atoms with Crippen LogP contribution in [0.3, 0.4) is 0 Å². The number of nitrogens with zero attached hydrogens (tertiary/aromatic N) is 1. The summed E-state index contributed by atoms with van der Waals surface area (Å²) in [6, 6.07) is 6.28. The van der Waals surface area contributed by atoms with Crippen molar-refractivity contribution in [3.63, 3.8) is 0 Å². The Kier molecular flexibility index (Phi) is 4.64. The smallest absolute Gasteiger partial charge is 0.240 e. The quantitative estimate of drug-likeness (QED) is 0.885. The first-order valence-electron chi connectivity index (χ1n) is 6.54. The van der Waals surface area contributed by atoms with Gasteiger partial charge in [0.15, 0.2) is 6.39 Å². The van der Waals surface area contributed by atoms with Gasteiger partial charge in [-0.25, -0.2) is 18.1 Å². The number of sulfonamides is 1. The van der Waals surface area contributed by atoms with Gasteiger partial charge in [0.2, 0.25) is 10.0 Å². The Morgan fingerprint density at radius 3 is 2.48 bits per heavy atom. The number of oxazole rings is 1. The highest BCUT2D eigenvalue weighted by molar-refractivity contribution is 7.89. The zero-order chi connectivity index (χ0) is 15.5. The molecule has 0 saturated heterocycles. The van der Waals surface area contributed by atoms with E-state index in [4.69, 9.17) is 9.15 Å². The number of nitrogens with one attached hydrogen (secondary N) is 1. The van der Waals surface area contributed by atoms with E-state index in [1.807, 2.05) is 13.8 Å². The minimum atomic E-state index is -3.59. The lowest BCUT2D eigenvalue weighted by molar-refractivity contribution is 0.242. The third-order valence-corrected chi connectivity index (χ3v) is 4.19. The van der Waals surface area contributed by atoms with Crippen molar-refractivity contribution >= 4 is 10.0 Å². The number of hydrogen-bond acceptors (Lipinski definition) is 5. The van der Waals surface area contributed by atoms with Crippen LogP contribution in [0.5, 0.6) is 5.75 Å². The van der Waals surface area contributed by atoms with Gasteiger partial charge in [0.25, 0.3) is 0 Å². The number of aryl methyl sites for hydroxylation is 1. The highest BCUT2D eigenvalue weighted by Gasteiger charge is 2.15. The lowest BCUT2D eigenvalue weighted by Crippen LogP contribution is -2.23. The van der Waals surface area contributed by atoms with Crippen LogP contribution in [0.2, 0.25) is 0 Å². The normalized spacial score (nSPS) is 11.8. The topological polar surface area (TPSA) is 81.4 Å². The van der Waals surface area contributed by atoms with E-state index in [2.05, 4.69) is 9.71 Å². The van der Waals surface area contributed by atoms with E-state index in [0.717, 1.165) is 0 Å². The molecule has 1 aromatic heterocycles. The fourth-order valence-corrected chi connectivity index (χ4v) is 2.69. The van der Waals surface area contributed by atoms with Gasteiger partial charge in [-0.1, -0.05) is 0 Å². The molecule has 0 saturated carbocycles. The lowest BCUT2D eigenvalue weighted by Gasteiger charge is -2.10. The largest absolute Gasteiger partial charge is 0.491 e. The van der Waals surface area contributed by atoms with Crippen LogP contribution in [-0.4, -0.2) is 19.5 Å². The van der Waals surface area contributed by atoms with Crippen LogP contribution < -0.4 is 9.46 Å². The van der Waals surface area contributed by atoms with E-state index in [1.54, 1.807) is 19.1 Å². The minimum Gasteiger partial charge on any atom is -0.491 e. The van der Waals surface area contributed by atoms with Crippen molar-refractivity contribution in [3.05, 3.63) is 42.1 Å². The molecule has 0 fully saturated rings. The second kappa shape index (κ2) is 6.28. The molecule has 0 aliphatic rings. The zero-order valence-corrected chi connectivity index (χ0v) is 13.0. The Hall–Kier alpha value is -1.86. The second-order valence-corrected chi connectivity index (χ2v) is 6.59. The molecule has 114 valence electrons. The van der Waals surface area contributed by atoms with E-state index < -0.39 is 10.0 Å². The van der Waals surface area contributed by atoms with Crippen LogP contribution in [0.4, 0.5) is 0 Å². The predicted molar refractivity (Wildman–Crippen MR) is 77.5 cm³/mol. The molecule has 21 heavy (non-hydrogen) atoms. The maximum Gasteiger partial charge on any atom is 0.240 e. The summed E-state index contributed by atoms with van der Waals surface area (Å²) in [4.78, 5) is 4.09. The molecule has 7 heteroatoms. The van der Waals surface area contributed by atoms with Crippen LogP contribution in [0.15, 0.2) is 40.0 Å². The van der Waals surface area contributed by atoms with Crippen LogP contribution in [0.25, 0.3) is 0 Å². The monoisotopic (exact) mass is 310 g/mol. The van der Waals surface area contributed by atoms with Crippen molar-refractivity contribution in [2.75, 3.05) is 0 Å². The summed E-state index contributed by atoms with van der Waals surface area (Å²) in [6.07, 6.45) is 1.33. The molecule has 0 radical (unpaired) electrons. The lowest BCUT2D eigenvalue weighted by atomic mass is 10.3. The summed E-state index contributed by atoms with van der Waals surface area (Å²) in [5.74, 6) is 1.13. The summed E-state index contributed by atoms with van der Waals surface area (Å²) in [7, 11) is -3.59. The summed E-state index contributed by atoms with van der Waals surface area (Å²) in [5.41, 5.74) is 0.665. The van der Waals surface area contributed by atoms with Crippen molar-refractivity contribution < 1.29 is 17.6 Å². The number of aromatic nitrogens is 1. The van der Waals surface area contributed by atoms with E-state index in [9.17, 15) is 8.42 Å². The van der Waals surface area contributed by atoms with Gasteiger partial charge in [-0.3, -0.25) is 0 Å². The van der Waals surface area contributed by atoms with Crippen LogP contribution in [-0.2, 0) is 16.6 Å². The maximum absolute atomic E-state index is 12.2. The number of benzene rings is 1. The molecule has 6 nitrogen and oxygen atoms in total. The van der Waals surface area contributed by atoms with Crippen LogP contribution in [0.1, 0.15) is 25.3 Å². The molecule has 1 aromatic carbocycles. The molecule has 0 aliphatic carbocycles. The van der Waals surface area contributed by atoms with Gasteiger partial charge in [-0.05, 0) is 45.0 Å². The predicted octanol–water partition coefficient (Wildman–Crippen LogP) is 2.25. The third kappa shape index (κ3) is 4.05. The van der Waals surface area contributed by atoms with Crippen molar-refractivity contribution in [1.29, 1.82) is 0 Å². The van der Waals surface area contributed by atoms with Gasteiger partial charge in [-0.2, -0.15) is 0 Å². The van der Waals surface area contributed by atoms with Gasteiger partial charge in [0, 0.05) is 0 Å². The van der Waals surface area contributed by atoms with Gasteiger partial charge < -0.3 is 9.15 Å². The molecule has 2 aromatic rings. The second-order valence-electron chi connectivity index (χ2n) is 4.82. The zero-order valence-electron chi connectivity index (χ0n) is 12.2. The summed E-state index contributed by atoms with van der Waals surface area (Å²) < 4.78 is 37.4. The van der Waals surface area contributed by atoms with Crippen LogP contribution in [0, 0.1) is 6.92 Å². The Morgan fingerprint density at radius 1 is 1.29 bits per heavy atom. The maximum atomic E-state index is 12.2. The fourth-order valence-electron chi connectivity index (χ4n) is 1.71. The Balaban J connectivity index is 2.07. The Morgan fingerprint density at radius 2 is 1.95 bits per heavy atom. The number of ether oxygens (including phenoxy) is 1. The molecule has 1 heterocycles. The standard InChI is InChI=1S/C14H18N2O4S/c1-10(2)20-12-4-6-13(7-5-12)21(17,18)16-8-14-11(3)15-9-19-14/h4-7,9-10,16H,8H2,1-3H3. The van der Waals surface area contributed by atoms with E-state index in [0.29, 0.717) is 17.2 Å². The van der Waals surface area contributed by atoms with Gasteiger partial charge in [0.05, 0.1) is 23.2 Å². The van der Waals surface area contributed by atoms with Crippen molar-refractivity contribution in [3.8, 4) is 5.75 Å². The molecule has 2 rings (SSSR count). The first-order chi connectivity index (χ1) is 9.88. The average molecular weight is 310 g/mol. The average Bonchev–Trinajstić information content (AvgIpc) is 2.82. The highest BCUT2D eigenvalue weighted by Crippen LogP contribution is 2.17. The SMILES string of the molecule is Cc1ncoc1CNS(=O)(=O)c1ccc(OC(C)C)cc1. The van der Waals surface area contributed by atoms with Gasteiger partial charge in [-0.15, -0.1) is 0 Å². The van der Waals surface area contributed by atoms with Crippen molar-refractivity contribution in [2.24, 2.45) is 0 Å². The molecule has 0 unspecified atom stereocenters. The molecule has 1 N–H and O–H groups in total. The van der Waals surface area contributed by atoms with E-state index >= 15 is 0 Å². The Bertz CT molecular complexity index is 690.